The molecular formula is C18H22BNO4. The molecule has 1 saturated heterocycles. The minimum atomic E-state index is -0.673. The van der Waals surface area contributed by atoms with E-state index in [-0.39, 0.29) is 5.92 Å². The van der Waals surface area contributed by atoms with Crippen molar-refractivity contribution in [3.05, 3.63) is 42.2 Å². The molecule has 2 aromatic rings. The van der Waals surface area contributed by atoms with Crippen LogP contribution in [0.2, 0.25) is 6.32 Å². The van der Waals surface area contributed by atoms with Crippen molar-refractivity contribution in [2.45, 2.75) is 25.6 Å². The highest BCUT2D eigenvalue weighted by Crippen LogP contribution is 2.34. The van der Waals surface area contributed by atoms with Gasteiger partial charge in [0, 0.05) is 30.5 Å². The molecule has 0 saturated carbocycles. The third kappa shape index (κ3) is 3.71. The minimum absolute atomic E-state index is 0.182. The Kier molecular flexibility index (Phi) is 5.38. The Bertz CT molecular complexity index is 694. The van der Waals surface area contributed by atoms with Gasteiger partial charge in [-0.25, -0.2) is 0 Å². The molecule has 0 amide bonds. The summed E-state index contributed by atoms with van der Waals surface area (Å²) >= 11 is 0. The monoisotopic (exact) mass is 327 g/mol. The first-order valence-electron chi connectivity index (χ1n) is 8.27. The first-order chi connectivity index (χ1) is 11.7. The predicted octanol–water partition coefficient (Wildman–Crippen LogP) is 3.14. The molecule has 1 atom stereocenters. The molecule has 0 spiro atoms. The lowest BCUT2D eigenvalue weighted by Crippen LogP contribution is -2.07. The number of nitrogens with zero attached hydrogens (tertiary/aromatic N) is 1. The van der Waals surface area contributed by atoms with Gasteiger partial charge in [0.05, 0.1) is 13.7 Å². The zero-order chi connectivity index (χ0) is 16.9. The summed E-state index contributed by atoms with van der Waals surface area (Å²) in [7, 11) is 0.968. The molecule has 1 aliphatic rings. The molecule has 6 heteroatoms. The molecule has 2 heterocycles. The maximum absolute atomic E-state index is 9.55. The molecule has 1 aromatic heterocycles. The van der Waals surface area contributed by atoms with E-state index in [4.69, 9.17) is 14.1 Å². The van der Waals surface area contributed by atoms with Gasteiger partial charge in [0.15, 0.2) is 11.5 Å². The average Bonchev–Trinajstić information content (AvgIpc) is 3.06. The Balaban J connectivity index is 1.88. The van der Waals surface area contributed by atoms with Crippen molar-refractivity contribution in [1.29, 1.82) is 0 Å². The molecule has 1 fully saturated rings. The minimum Gasteiger partial charge on any atom is -0.493 e. The highest BCUT2D eigenvalue weighted by molar-refractivity contribution is 6.43. The lowest BCUT2D eigenvalue weighted by Gasteiger charge is -2.13. The van der Waals surface area contributed by atoms with Crippen LogP contribution in [0, 0.1) is 0 Å². The number of methoxy groups -OCH3 is 1. The van der Waals surface area contributed by atoms with Crippen molar-refractivity contribution in [3.8, 4) is 22.6 Å². The van der Waals surface area contributed by atoms with E-state index < -0.39 is 7.12 Å². The first kappa shape index (κ1) is 16.8. The second kappa shape index (κ2) is 7.68. The van der Waals surface area contributed by atoms with E-state index in [1.165, 1.54) is 0 Å². The summed E-state index contributed by atoms with van der Waals surface area (Å²) in [6, 6.07) is 7.99. The average molecular weight is 327 g/mol. The third-order valence-electron chi connectivity index (χ3n) is 4.17. The Morgan fingerprint density at radius 2 is 2.12 bits per heavy atom. The zero-order valence-corrected chi connectivity index (χ0v) is 14.1. The number of aromatic nitrogens is 1. The SMILES string of the molecule is CCCOc1cc(-c2cncc(C3COB(O)C3)c2)ccc1OC. The standard InChI is InChI=1S/C18H22BNO4/c1-3-6-23-18-8-13(4-5-17(18)22-2)14-7-15(11-20-10-14)16-9-19(21)24-12-16/h4-5,7-8,10-11,16,21H,3,6,9,12H2,1-2H3. The largest absolute Gasteiger partial charge is 0.493 e. The highest BCUT2D eigenvalue weighted by atomic mass is 16.5. The molecule has 0 bridgehead atoms. The topological polar surface area (TPSA) is 60.8 Å². The normalized spacial score (nSPS) is 17.1. The maximum Gasteiger partial charge on any atom is 0.454 e. The number of hydrogen-bond donors (Lipinski definition) is 1. The van der Waals surface area contributed by atoms with Gasteiger partial charge in [0.2, 0.25) is 0 Å². The molecule has 1 aliphatic heterocycles. The van der Waals surface area contributed by atoms with Crippen molar-refractivity contribution >= 4 is 7.12 Å². The van der Waals surface area contributed by atoms with Crippen LogP contribution in [0.4, 0.5) is 0 Å². The Hall–Kier alpha value is -2.05. The fourth-order valence-corrected chi connectivity index (χ4v) is 2.86. The van der Waals surface area contributed by atoms with Gasteiger partial charge >= 0.3 is 7.12 Å². The summed E-state index contributed by atoms with van der Waals surface area (Å²) < 4.78 is 16.4. The van der Waals surface area contributed by atoms with Crippen molar-refractivity contribution in [2.75, 3.05) is 20.3 Å². The van der Waals surface area contributed by atoms with Gasteiger partial charge in [0.1, 0.15) is 0 Å². The number of pyridine rings is 1. The molecule has 24 heavy (non-hydrogen) atoms. The van der Waals surface area contributed by atoms with Gasteiger partial charge in [-0.2, -0.15) is 0 Å². The van der Waals surface area contributed by atoms with Gasteiger partial charge < -0.3 is 19.2 Å². The molecule has 5 nitrogen and oxygen atoms in total. The second-order valence-corrected chi connectivity index (χ2v) is 5.94. The van der Waals surface area contributed by atoms with E-state index in [0.717, 1.165) is 34.6 Å². The molecule has 3 rings (SSSR count). The van der Waals surface area contributed by atoms with Gasteiger partial charge in [0.25, 0.3) is 0 Å². The van der Waals surface area contributed by atoms with Crippen LogP contribution < -0.4 is 9.47 Å². The maximum atomic E-state index is 9.55. The lowest BCUT2D eigenvalue weighted by atomic mass is 9.80. The number of ether oxygens (including phenoxy) is 2. The first-order valence-corrected chi connectivity index (χ1v) is 8.27. The van der Waals surface area contributed by atoms with Crippen LogP contribution in [0.25, 0.3) is 11.1 Å². The molecular weight excluding hydrogens is 305 g/mol. The summed E-state index contributed by atoms with van der Waals surface area (Å²) in [5.74, 6) is 1.65. The van der Waals surface area contributed by atoms with E-state index in [1.54, 1.807) is 7.11 Å². The Morgan fingerprint density at radius 1 is 1.25 bits per heavy atom. The molecule has 1 unspecified atom stereocenters. The van der Waals surface area contributed by atoms with Crippen molar-refractivity contribution < 1.29 is 19.2 Å². The predicted molar refractivity (Wildman–Crippen MR) is 93.5 cm³/mol. The quantitative estimate of drug-likeness (QED) is 0.826. The summed E-state index contributed by atoms with van der Waals surface area (Å²) in [4.78, 5) is 4.36. The summed E-state index contributed by atoms with van der Waals surface area (Å²) in [6.45, 7) is 3.25. The van der Waals surface area contributed by atoms with Crippen LogP contribution in [0.5, 0.6) is 11.5 Å². The van der Waals surface area contributed by atoms with Gasteiger partial charge in [-0.1, -0.05) is 13.0 Å². The second-order valence-electron chi connectivity index (χ2n) is 5.94. The zero-order valence-electron chi connectivity index (χ0n) is 14.1. The van der Waals surface area contributed by atoms with Gasteiger partial charge in [-0.3, -0.25) is 4.98 Å². The Labute approximate surface area is 142 Å². The van der Waals surface area contributed by atoms with Crippen molar-refractivity contribution in [1.82, 2.24) is 4.98 Å². The smallest absolute Gasteiger partial charge is 0.454 e. The summed E-state index contributed by atoms with van der Waals surface area (Å²) in [5.41, 5.74) is 3.12. The van der Waals surface area contributed by atoms with Crippen LogP contribution in [0.1, 0.15) is 24.8 Å². The van der Waals surface area contributed by atoms with Crippen LogP contribution in [0.3, 0.4) is 0 Å². The van der Waals surface area contributed by atoms with Crippen LogP contribution in [-0.4, -0.2) is 37.4 Å². The molecule has 1 aromatic carbocycles. The van der Waals surface area contributed by atoms with E-state index in [0.29, 0.717) is 19.5 Å². The molecule has 0 aliphatic carbocycles. The van der Waals surface area contributed by atoms with E-state index in [1.807, 2.05) is 30.6 Å². The molecule has 0 radical (unpaired) electrons. The van der Waals surface area contributed by atoms with Crippen molar-refractivity contribution in [3.63, 3.8) is 0 Å². The fraction of sp³-hybridized carbons (Fsp3) is 0.389. The number of benzene rings is 1. The van der Waals surface area contributed by atoms with Gasteiger partial charge in [-0.15, -0.1) is 0 Å². The molecule has 1 N–H and O–H groups in total. The fourth-order valence-electron chi connectivity index (χ4n) is 2.86. The lowest BCUT2D eigenvalue weighted by molar-refractivity contribution is 0.292. The van der Waals surface area contributed by atoms with Gasteiger partial charge in [-0.05, 0) is 42.1 Å². The highest BCUT2D eigenvalue weighted by Gasteiger charge is 2.30. The summed E-state index contributed by atoms with van der Waals surface area (Å²) in [5, 5.41) is 9.55. The van der Waals surface area contributed by atoms with E-state index in [2.05, 4.69) is 18.0 Å². The Morgan fingerprint density at radius 3 is 2.83 bits per heavy atom. The summed E-state index contributed by atoms with van der Waals surface area (Å²) in [6.07, 6.45) is 5.22. The van der Waals surface area contributed by atoms with Crippen LogP contribution in [0.15, 0.2) is 36.7 Å². The van der Waals surface area contributed by atoms with Crippen LogP contribution in [-0.2, 0) is 4.65 Å². The van der Waals surface area contributed by atoms with Crippen molar-refractivity contribution in [2.24, 2.45) is 0 Å². The number of hydrogen-bond acceptors (Lipinski definition) is 5. The third-order valence-corrected chi connectivity index (χ3v) is 4.17. The van der Waals surface area contributed by atoms with E-state index >= 15 is 0 Å². The van der Waals surface area contributed by atoms with E-state index in [9.17, 15) is 5.02 Å². The van der Waals surface area contributed by atoms with Crippen LogP contribution >= 0.6 is 0 Å². The molecule has 126 valence electrons. The number of rotatable bonds is 6.